The van der Waals surface area contributed by atoms with E-state index in [9.17, 15) is 10.2 Å². The number of hydrogen-bond acceptors (Lipinski definition) is 2. The van der Waals surface area contributed by atoms with Crippen LogP contribution in [0.5, 0.6) is 0 Å². The minimum atomic E-state index is -0.445. The molecule has 0 aromatic heterocycles. The van der Waals surface area contributed by atoms with Crippen LogP contribution in [0.1, 0.15) is 40.0 Å². The van der Waals surface area contributed by atoms with E-state index in [1.54, 1.807) is 0 Å². The third-order valence-corrected chi connectivity index (χ3v) is 5.98. The SMILES string of the molecule is CC1CC1(O)C1(C2(CO)CC2C)CC1C. The summed E-state index contributed by atoms with van der Waals surface area (Å²) in [6.07, 6.45) is 3.19. The maximum Gasteiger partial charge on any atom is 0.0742 e. The van der Waals surface area contributed by atoms with E-state index in [0.29, 0.717) is 17.8 Å². The first kappa shape index (κ1) is 10.1. The molecule has 2 nitrogen and oxygen atoms in total. The van der Waals surface area contributed by atoms with Crippen molar-refractivity contribution in [1.29, 1.82) is 0 Å². The smallest absolute Gasteiger partial charge is 0.0742 e. The van der Waals surface area contributed by atoms with Crippen LogP contribution in [0.4, 0.5) is 0 Å². The number of hydrogen-bond donors (Lipinski definition) is 2. The Morgan fingerprint density at radius 3 is 1.67 bits per heavy atom. The van der Waals surface area contributed by atoms with Crippen LogP contribution in [0.2, 0.25) is 0 Å². The number of rotatable bonds is 3. The van der Waals surface area contributed by atoms with Crippen molar-refractivity contribution in [3.63, 3.8) is 0 Å². The zero-order chi connectivity index (χ0) is 11.1. The van der Waals surface area contributed by atoms with Gasteiger partial charge in [0.1, 0.15) is 0 Å². The molecule has 0 aromatic carbocycles. The van der Waals surface area contributed by atoms with E-state index in [2.05, 4.69) is 20.8 Å². The Hall–Kier alpha value is -0.0800. The van der Waals surface area contributed by atoms with Crippen LogP contribution in [-0.4, -0.2) is 22.4 Å². The van der Waals surface area contributed by atoms with Crippen molar-refractivity contribution in [3.8, 4) is 0 Å². The first-order valence-corrected chi connectivity index (χ1v) is 6.28. The Kier molecular flexibility index (Phi) is 1.64. The predicted octanol–water partition coefficient (Wildman–Crippen LogP) is 1.80. The van der Waals surface area contributed by atoms with E-state index in [-0.39, 0.29) is 17.4 Å². The van der Waals surface area contributed by atoms with Crippen LogP contribution >= 0.6 is 0 Å². The summed E-state index contributed by atoms with van der Waals surface area (Å²) in [5.74, 6) is 1.65. The van der Waals surface area contributed by atoms with Crippen molar-refractivity contribution < 1.29 is 10.2 Å². The van der Waals surface area contributed by atoms with Gasteiger partial charge in [0.05, 0.1) is 5.60 Å². The molecular formula is C13H22O2. The minimum absolute atomic E-state index is 0.0614. The molecule has 0 radical (unpaired) electrons. The van der Waals surface area contributed by atoms with Gasteiger partial charge in [0, 0.05) is 17.4 Å². The fraction of sp³-hybridized carbons (Fsp3) is 1.00. The summed E-state index contributed by atoms with van der Waals surface area (Å²) in [5.41, 5.74) is -0.320. The molecule has 3 saturated carbocycles. The molecule has 15 heavy (non-hydrogen) atoms. The molecule has 2 N–H and O–H groups in total. The predicted molar refractivity (Wildman–Crippen MR) is 58.2 cm³/mol. The van der Waals surface area contributed by atoms with Gasteiger partial charge in [-0.2, -0.15) is 0 Å². The molecule has 0 spiro atoms. The fourth-order valence-electron chi connectivity index (χ4n) is 4.65. The van der Waals surface area contributed by atoms with Gasteiger partial charge in [0.15, 0.2) is 0 Å². The van der Waals surface area contributed by atoms with E-state index >= 15 is 0 Å². The highest BCUT2D eigenvalue weighted by atomic mass is 16.3. The summed E-state index contributed by atoms with van der Waals surface area (Å²) in [4.78, 5) is 0. The quantitative estimate of drug-likeness (QED) is 0.745. The van der Waals surface area contributed by atoms with Crippen LogP contribution in [0, 0.1) is 28.6 Å². The molecule has 0 saturated heterocycles. The van der Waals surface area contributed by atoms with Gasteiger partial charge in [-0.25, -0.2) is 0 Å². The maximum absolute atomic E-state index is 10.7. The first-order chi connectivity index (χ1) is 6.94. The zero-order valence-corrected chi connectivity index (χ0v) is 9.95. The first-order valence-electron chi connectivity index (χ1n) is 6.28. The summed E-state index contributed by atoms with van der Waals surface area (Å²) < 4.78 is 0. The van der Waals surface area contributed by atoms with Gasteiger partial charge in [-0.1, -0.05) is 20.8 Å². The molecule has 6 unspecified atom stereocenters. The highest BCUT2D eigenvalue weighted by Gasteiger charge is 2.83. The van der Waals surface area contributed by atoms with Crippen LogP contribution in [0.15, 0.2) is 0 Å². The van der Waals surface area contributed by atoms with E-state index in [4.69, 9.17) is 0 Å². The summed E-state index contributed by atoms with van der Waals surface area (Å²) in [6, 6.07) is 0. The van der Waals surface area contributed by atoms with Crippen LogP contribution < -0.4 is 0 Å². The molecule has 3 aliphatic rings. The van der Waals surface area contributed by atoms with Crippen LogP contribution in [0.3, 0.4) is 0 Å². The lowest BCUT2D eigenvalue weighted by Gasteiger charge is -2.33. The molecule has 0 amide bonds. The third-order valence-electron chi connectivity index (χ3n) is 5.98. The number of aliphatic hydroxyl groups is 2. The Morgan fingerprint density at radius 1 is 1.00 bits per heavy atom. The van der Waals surface area contributed by atoms with Crippen molar-refractivity contribution >= 4 is 0 Å². The lowest BCUT2D eigenvalue weighted by Crippen LogP contribution is -2.39. The van der Waals surface area contributed by atoms with Crippen molar-refractivity contribution in [2.45, 2.75) is 45.6 Å². The molecule has 86 valence electrons. The zero-order valence-electron chi connectivity index (χ0n) is 9.95. The summed E-state index contributed by atoms with van der Waals surface area (Å²) >= 11 is 0. The third kappa shape index (κ3) is 0.861. The second-order valence-electron chi connectivity index (χ2n) is 6.53. The lowest BCUT2D eigenvalue weighted by atomic mass is 9.75. The fourth-order valence-corrected chi connectivity index (χ4v) is 4.65. The van der Waals surface area contributed by atoms with Gasteiger partial charge < -0.3 is 10.2 Å². The molecule has 3 aliphatic carbocycles. The molecule has 3 fully saturated rings. The summed E-state index contributed by atoms with van der Waals surface area (Å²) in [6.45, 7) is 6.88. The molecular weight excluding hydrogens is 188 g/mol. The van der Waals surface area contributed by atoms with Gasteiger partial charge in [-0.15, -0.1) is 0 Å². The molecule has 0 aromatic rings. The van der Waals surface area contributed by atoms with Crippen molar-refractivity contribution in [3.05, 3.63) is 0 Å². The number of aliphatic hydroxyl groups excluding tert-OH is 1. The van der Waals surface area contributed by atoms with Crippen LogP contribution in [-0.2, 0) is 0 Å². The largest absolute Gasteiger partial charge is 0.396 e. The monoisotopic (exact) mass is 210 g/mol. The van der Waals surface area contributed by atoms with Crippen LogP contribution in [0.25, 0.3) is 0 Å². The summed E-state index contributed by atoms with van der Waals surface area (Å²) in [5, 5.41) is 20.4. The van der Waals surface area contributed by atoms with Gasteiger partial charge in [0.2, 0.25) is 0 Å². The average molecular weight is 210 g/mol. The van der Waals surface area contributed by atoms with E-state index in [1.807, 2.05) is 0 Å². The molecule has 0 aliphatic heterocycles. The van der Waals surface area contributed by atoms with Crippen molar-refractivity contribution in [2.24, 2.45) is 28.6 Å². The topological polar surface area (TPSA) is 40.5 Å². The van der Waals surface area contributed by atoms with Gasteiger partial charge in [-0.05, 0) is 37.0 Å². The van der Waals surface area contributed by atoms with Gasteiger partial charge >= 0.3 is 0 Å². The molecule has 2 heteroatoms. The maximum atomic E-state index is 10.7. The summed E-state index contributed by atoms with van der Waals surface area (Å²) in [7, 11) is 0. The second-order valence-corrected chi connectivity index (χ2v) is 6.53. The van der Waals surface area contributed by atoms with Gasteiger partial charge in [0.25, 0.3) is 0 Å². The Balaban J connectivity index is 1.96. The van der Waals surface area contributed by atoms with Crippen molar-refractivity contribution in [1.82, 2.24) is 0 Å². The highest BCUT2D eigenvalue weighted by Crippen LogP contribution is 2.83. The second kappa shape index (κ2) is 2.43. The lowest BCUT2D eigenvalue weighted by molar-refractivity contribution is -0.0269. The molecule has 0 heterocycles. The van der Waals surface area contributed by atoms with Crippen molar-refractivity contribution in [2.75, 3.05) is 6.61 Å². The van der Waals surface area contributed by atoms with E-state index in [0.717, 1.165) is 19.3 Å². The standard InChI is InChI=1S/C13H22O2/c1-8-4-11(8,7-14)12(5-9(12)2)13(15)6-10(13)3/h8-10,14-15H,4-7H2,1-3H3. The normalized spacial score (nSPS) is 66.6. The highest BCUT2D eigenvalue weighted by molar-refractivity contribution is 5.32. The van der Waals surface area contributed by atoms with E-state index < -0.39 is 5.60 Å². The molecule has 0 bridgehead atoms. The Morgan fingerprint density at radius 2 is 1.47 bits per heavy atom. The average Bonchev–Trinajstić information content (AvgIpc) is 3.07. The van der Waals surface area contributed by atoms with Gasteiger partial charge in [-0.3, -0.25) is 0 Å². The molecule has 3 rings (SSSR count). The van der Waals surface area contributed by atoms with E-state index in [1.165, 1.54) is 0 Å². The minimum Gasteiger partial charge on any atom is -0.396 e. The Labute approximate surface area is 91.7 Å². The Bertz CT molecular complexity index is 312. The molecule has 6 atom stereocenters.